The molecule has 0 aromatic heterocycles. The third kappa shape index (κ3) is 5.99. The number of anilines is 1. The van der Waals surface area contributed by atoms with Gasteiger partial charge in [-0.1, -0.05) is 17.7 Å². The minimum Gasteiger partial charge on any atom is -0.496 e. The first-order valence-electron chi connectivity index (χ1n) is 9.49. The van der Waals surface area contributed by atoms with Crippen LogP contribution in [0.5, 0.6) is 5.75 Å². The molecular formula is C22H29ClIN3O2. The Kier molecular flexibility index (Phi) is 8.60. The molecule has 158 valence electrons. The van der Waals surface area contributed by atoms with Crippen molar-refractivity contribution in [3.63, 3.8) is 0 Å². The maximum atomic E-state index is 6.29. The van der Waals surface area contributed by atoms with Gasteiger partial charge in [0.15, 0.2) is 5.96 Å². The molecule has 0 amide bonds. The number of aryl methyl sites for hydroxylation is 2. The van der Waals surface area contributed by atoms with Gasteiger partial charge in [-0.25, -0.2) is 0 Å². The third-order valence-corrected chi connectivity index (χ3v) is 5.46. The fraction of sp³-hybridized carbons (Fsp3) is 0.409. The lowest BCUT2D eigenvalue weighted by molar-refractivity contribution is 0.0523. The number of nitrogens with two attached hydrogens (primary N) is 1. The fourth-order valence-corrected chi connectivity index (χ4v) is 4.01. The highest BCUT2D eigenvalue weighted by Gasteiger charge is 2.37. The number of ether oxygens (including phenoxy) is 2. The van der Waals surface area contributed by atoms with Crippen molar-refractivity contribution < 1.29 is 9.47 Å². The predicted molar refractivity (Wildman–Crippen MR) is 131 cm³/mol. The summed E-state index contributed by atoms with van der Waals surface area (Å²) in [6.45, 7) is 6.02. The van der Waals surface area contributed by atoms with E-state index in [1.54, 1.807) is 7.11 Å². The zero-order valence-electron chi connectivity index (χ0n) is 17.1. The minimum absolute atomic E-state index is 0. The molecule has 0 spiro atoms. The SMILES string of the molecule is COc1ccc(Cl)cc1C1(CN=C(N)Nc2cc(C)cc(C)c2)CCOCC1.I. The maximum absolute atomic E-state index is 6.29. The van der Waals surface area contributed by atoms with Crippen LogP contribution in [0.3, 0.4) is 0 Å². The van der Waals surface area contributed by atoms with Gasteiger partial charge in [-0.15, -0.1) is 24.0 Å². The van der Waals surface area contributed by atoms with E-state index in [-0.39, 0.29) is 29.4 Å². The number of guanidine groups is 1. The van der Waals surface area contributed by atoms with Crippen molar-refractivity contribution in [3.8, 4) is 5.75 Å². The number of benzene rings is 2. The number of aliphatic imine (C=N–C) groups is 1. The summed E-state index contributed by atoms with van der Waals surface area (Å²) in [6, 6.07) is 12.0. The number of halogens is 2. The highest BCUT2D eigenvalue weighted by Crippen LogP contribution is 2.41. The van der Waals surface area contributed by atoms with Crippen molar-refractivity contribution in [2.45, 2.75) is 32.1 Å². The van der Waals surface area contributed by atoms with Crippen molar-refractivity contribution >= 4 is 47.2 Å². The summed E-state index contributed by atoms with van der Waals surface area (Å²) in [6.07, 6.45) is 1.67. The molecule has 0 atom stereocenters. The van der Waals surface area contributed by atoms with Crippen LogP contribution in [0.4, 0.5) is 5.69 Å². The second-order valence-electron chi connectivity index (χ2n) is 7.44. The third-order valence-electron chi connectivity index (χ3n) is 5.23. The molecule has 0 aliphatic carbocycles. The molecule has 1 heterocycles. The topological polar surface area (TPSA) is 68.9 Å². The van der Waals surface area contributed by atoms with Gasteiger partial charge in [0.2, 0.25) is 0 Å². The Balaban J connectivity index is 0.00000300. The maximum Gasteiger partial charge on any atom is 0.193 e. The van der Waals surface area contributed by atoms with Crippen LogP contribution in [-0.2, 0) is 10.2 Å². The monoisotopic (exact) mass is 529 g/mol. The van der Waals surface area contributed by atoms with Crippen LogP contribution in [0.25, 0.3) is 0 Å². The summed E-state index contributed by atoms with van der Waals surface area (Å²) >= 11 is 6.29. The Morgan fingerprint density at radius 1 is 1.17 bits per heavy atom. The van der Waals surface area contributed by atoms with Crippen molar-refractivity contribution in [3.05, 3.63) is 58.1 Å². The van der Waals surface area contributed by atoms with Crippen LogP contribution in [-0.4, -0.2) is 32.8 Å². The Labute approximate surface area is 195 Å². The first-order valence-corrected chi connectivity index (χ1v) is 9.87. The molecule has 1 saturated heterocycles. The molecule has 2 aromatic rings. The highest BCUT2D eigenvalue weighted by atomic mass is 127. The van der Waals surface area contributed by atoms with Gasteiger partial charge >= 0.3 is 0 Å². The first-order chi connectivity index (χ1) is 13.4. The second kappa shape index (κ2) is 10.5. The van der Waals surface area contributed by atoms with E-state index in [1.807, 2.05) is 18.2 Å². The number of methoxy groups -OCH3 is 1. The summed E-state index contributed by atoms with van der Waals surface area (Å²) in [7, 11) is 1.68. The Morgan fingerprint density at radius 2 is 1.83 bits per heavy atom. The zero-order chi connectivity index (χ0) is 20.1. The molecule has 0 radical (unpaired) electrons. The van der Waals surface area contributed by atoms with Crippen molar-refractivity contribution in [1.29, 1.82) is 0 Å². The van der Waals surface area contributed by atoms with Crippen LogP contribution in [0.2, 0.25) is 5.02 Å². The molecule has 3 rings (SSSR count). The quantitative estimate of drug-likeness (QED) is 0.323. The van der Waals surface area contributed by atoms with Gasteiger partial charge in [-0.2, -0.15) is 0 Å². The second-order valence-corrected chi connectivity index (χ2v) is 7.88. The number of nitrogens with one attached hydrogen (secondary N) is 1. The Hall–Kier alpha value is -1.51. The van der Waals surface area contributed by atoms with E-state index in [0.29, 0.717) is 30.7 Å². The van der Waals surface area contributed by atoms with Crippen LogP contribution in [0, 0.1) is 13.8 Å². The van der Waals surface area contributed by atoms with Crippen LogP contribution in [0.1, 0.15) is 29.5 Å². The first kappa shape index (κ1) is 23.8. The standard InChI is InChI=1S/C22H28ClN3O2.HI/c1-15-10-16(2)12-18(11-15)26-21(24)25-14-22(6-8-28-9-7-22)19-13-17(23)4-5-20(19)27-3;/h4-5,10-13H,6-9,14H2,1-3H3,(H3,24,25,26);1H. The van der Waals surface area contributed by atoms with Gasteiger partial charge < -0.3 is 20.5 Å². The lowest BCUT2D eigenvalue weighted by Gasteiger charge is -2.37. The van der Waals surface area contributed by atoms with E-state index in [0.717, 1.165) is 29.8 Å². The van der Waals surface area contributed by atoms with Gasteiger partial charge in [0.05, 0.1) is 13.7 Å². The van der Waals surface area contributed by atoms with E-state index in [1.165, 1.54) is 11.1 Å². The summed E-state index contributed by atoms with van der Waals surface area (Å²) in [5, 5.41) is 3.90. The number of hydrogen-bond donors (Lipinski definition) is 2. The average molecular weight is 530 g/mol. The highest BCUT2D eigenvalue weighted by molar-refractivity contribution is 14.0. The largest absolute Gasteiger partial charge is 0.496 e. The Morgan fingerprint density at radius 3 is 2.45 bits per heavy atom. The summed E-state index contributed by atoms with van der Waals surface area (Å²) in [4.78, 5) is 4.69. The molecule has 2 aromatic carbocycles. The lowest BCUT2D eigenvalue weighted by atomic mass is 9.73. The molecule has 3 N–H and O–H groups in total. The van der Waals surface area contributed by atoms with Crippen LogP contribution >= 0.6 is 35.6 Å². The summed E-state index contributed by atoms with van der Waals surface area (Å²) in [5.41, 5.74) is 10.4. The zero-order valence-corrected chi connectivity index (χ0v) is 20.2. The molecule has 29 heavy (non-hydrogen) atoms. The van der Waals surface area contributed by atoms with Crippen LogP contribution in [0.15, 0.2) is 41.4 Å². The van der Waals surface area contributed by atoms with Crippen LogP contribution < -0.4 is 15.8 Å². The van der Waals surface area contributed by atoms with Crippen molar-refractivity contribution in [1.82, 2.24) is 0 Å². The van der Waals surface area contributed by atoms with Gasteiger partial charge in [0, 0.05) is 34.9 Å². The van der Waals surface area contributed by atoms with Gasteiger partial charge in [-0.05, 0) is 68.1 Å². The molecule has 0 saturated carbocycles. The number of rotatable bonds is 5. The van der Waals surface area contributed by atoms with Crippen molar-refractivity contribution in [2.24, 2.45) is 10.7 Å². The molecule has 1 fully saturated rings. The smallest absolute Gasteiger partial charge is 0.193 e. The normalized spacial score (nSPS) is 16.1. The average Bonchev–Trinajstić information content (AvgIpc) is 2.66. The van der Waals surface area contributed by atoms with Gasteiger partial charge in [0.25, 0.3) is 0 Å². The van der Waals surface area contributed by atoms with E-state index in [2.05, 4.69) is 42.4 Å². The number of nitrogens with zero attached hydrogens (tertiary/aromatic N) is 1. The molecule has 7 heteroatoms. The fourth-order valence-electron chi connectivity index (χ4n) is 3.84. The summed E-state index contributed by atoms with van der Waals surface area (Å²) < 4.78 is 11.2. The van der Waals surface area contributed by atoms with E-state index in [9.17, 15) is 0 Å². The van der Waals surface area contributed by atoms with Gasteiger partial charge in [0.1, 0.15) is 5.75 Å². The summed E-state index contributed by atoms with van der Waals surface area (Å²) in [5.74, 6) is 1.22. The van der Waals surface area contributed by atoms with E-state index >= 15 is 0 Å². The molecule has 5 nitrogen and oxygen atoms in total. The van der Waals surface area contributed by atoms with E-state index in [4.69, 9.17) is 26.8 Å². The molecule has 1 aliphatic rings. The number of hydrogen-bond acceptors (Lipinski definition) is 3. The predicted octanol–water partition coefficient (Wildman–Crippen LogP) is 5.06. The lowest BCUT2D eigenvalue weighted by Crippen LogP contribution is -2.38. The molecule has 1 aliphatic heterocycles. The molecule has 0 unspecified atom stereocenters. The Bertz CT molecular complexity index is 847. The van der Waals surface area contributed by atoms with E-state index < -0.39 is 0 Å². The van der Waals surface area contributed by atoms with Gasteiger partial charge in [-0.3, -0.25) is 4.99 Å². The van der Waals surface area contributed by atoms with Crippen molar-refractivity contribution in [2.75, 3.05) is 32.2 Å². The molecule has 0 bridgehead atoms. The molecular weight excluding hydrogens is 501 g/mol. The minimum atomic E-state index is -0.219.